The molecule has 1 aromatic rings. The minimum absolute atomic E-state index is 0.183. The van der Waals surface area contributed by atoms with Crippen molar-refractivity contribution in [2.75, 3.05) is 12.3 Å². The van der Waals surface area contributed by atoms with Crippen molar-refractivity contribution in [2.24, 2.45) is 5.92 Å². The van der Waals surface area contributed by atoms with Crippen molar-refractivity contribution in [1.82, 2.24) is 4.72 Å². The number of nitrogens with one attached hydrogen (secondary N) is 1. The normalized spacial score (nSPS) is 23.7. The molecule has 0 spiro atoms. The molecule has 0 amide bonds. The highest BCUT2D eigenvalue weighted by molar-refractivity contribution is 7.89. The van der Waals surface area contributed by atoms with Crippen LogP contribution in [0.3, 0.4) is 0 Å². The maximum absolute atomic E-state index is 13.6. The van der Waals surface area contributed by atoms with Crippen LogP contribution >= 0.6 is 0 Å². The van der Waals surface area contributed by atoms with Crippen molar-refractivity contribution in [3.05, 3.63) is 24.0 Å². The number of nitrogen functional groups attached to an aromatic ring is 1. The van der Waals surface area contributed by atoms with E-state index < -0.39 is 15.8 Å². The smallest absolute Gasteiger partial charge is 0.243 e. The van der Waals surface area contributed by atoms with Gasteiger partial charge in [-0.25, -0.2) is 17.5 Å². The second kappa shape index (κ2) is 6.07. The third-order valence-corrected chi connectivity index (χ3v) is 5.08. The molecule has 5 nitrogen and oxygen atoms in total. The summed E-state index contributed by atoms with van der Waals surface area (Å²) >= 11 is 0. The van der Waals surface area contributed by atoms with E-state index in [0.29, 0.717) is 12.8 Å². The van der Waals surface area contributed by atoms with Gasteiger partial charge in [-0.2, -0.15) is 0 Å². The first-order chi connectivity index (χ1) is 9.38. The Labute approximate surface area is 118 Å². The fourth-order valence-electron chi connectivity index (χ4n) is 2.39. The van der Waals surface area contributed by atoms with Gasteiger partial charge in [0.2, 0.25) is 10.0 Å². The van der Waals surface area contributed by atoms with Crippen molar-refractivity contribution in [2.45, 2.75) is 36.7 Å². The van der Waals surface area contributed by atoms with E-state index >= 15 is 0 Å². The van der Waals surface area contributed by atoms with Gasteiger partial charge in [0.05, 0.1) is 6.10 Å². The molecule has 20 heavy (non-hydrogen) atoms. The summed E-state index contributed by atoms with van der Waals surface area (Å²) in [4.78, 5) is -0.387. The Morgan fingerprint density at radius 3 is 2.55 bits per heavy atom. The van der Waals surface area contributed by atoms with Gasteiger partial charge >= 0.3 is 0 Å². The topological polar surface area (TPSA) is 92.4 Å². The van der Waals surface area contributed by atoms with Crippen molar-refractivity contribution >= 4 is 15.7 Å². The van der Waals surface area contributed by atoms with Gasteiger partial charge in [0.25, 0.3) is 0 Å². The van der Waals surface area contributed by atoms with Crippen LogP contribution in [-0.4, -0.2) is 26.2 Å². The van der Waals surface area contributed by atoms with Gasteiger partial charge in [0.1, 0.15) is 10.7 Å². The highest BCUT2D eigenvalue weighted by Crippen LogP contribution is 2.24. The van der Waals surface area contributed by atoms with E-state index in [-0.39, 0.29) is 29.1 Å². The van der Waals surface area contributed by atoms with Crippen molar-refractivity contribution in [1.29, 1.82) is 0 Å². The summed E-state index contributed by atoms with van der Waals surface area (Å²) in [5.74, 6) is -0.665. The lowest BCUT2D eigenvalue weighted by Gasteiger charge is -2.25. The summed E-state index contributed by atoms with van der Waals surface area (Å²) in [6.45, 7) is 0.263. The number of halogens is 1. The number of benzene rings is 1. The van der Waals surface area contributed by atoms with Crippen molar-refractivity contribution in [3.8, 4) is 0 Å². The average molecular weight is 302 g/mol. The van der Waals surface area contributed by atoms with E-state index in [4.69, 9.17) is 5.73 Å². The lowest BCUT2D eigenvalue weighted by Crippen LogP contribution is -2.32. The molecule has 1 fully saturated rings. The highest BCUT2D eigenvalue weighted by atomic mass is 32.2. The van der Waals surface area contributed by atoms with Gasteiger partial charge < -0.3 is 10.8 Å². The van der Waals surface area contributed by atoms with Crippen LogP contribution in [0.1, 0.15) is 25.7 Å². The molecule has 1 aliphatic carbocycles. The van der Waals surface area contributed by atoms with Gasteiger partial charge in [-0.1, -0.05) is 0 Å². The van der Waals surface area contributed by atoms with Crippen molar-refractivity contribution < 1.29 is 17.9 Å². The number of sulfonamides is 1. The maximum Gasteiger partial charge on any atom is 0.243 e. The van der Waals surface area contributed by atoms with Gasteiger partial charge in [-0.3, -0.25) is 0 Å². The molecule has 0 aromatic heterocycles. The molecule has 0 radical (unpaired) electrons. The Balaban J connectivity index is 2.00. The predicted molar refractivity (Wildman–Crippen MR) is 74.0 cm³/mol. The Bertz CT molecular complexity index is 569. The molecule has 0 heterocycles. The standard InChI is InChI=1S/C13H19FN2O3S/c14-12-7-10(15)3-6-13(12)20(18,19)16-8-9-1-4-11(17)5-2-9/h3,6-7,9,11,16-17H,1-2,4-5,8,15H2. The van der Waals surface area contributed by atoms with Crippen LogP contribution < -0.4 is 10.5 Å². The third kappa shape index (κ3) is 3.68. The molecule has 1 aliphatic rings. The van der Waals surface area contributed by atoms with Crippen LogP contribution in [0.15, 0.2) is 23.1 Å². The molecule has 0 saturated heterocycles. The summed E-state index contributed by atoms with van der Waals surface area (Å²) in [7, 11) is -3.86. The Morgan fingerprint density at radius 2 is 1.95 bits per heavy atom. The monoisotopic (exact) mass is 302 g/mol. The molecule has 0 unspecified atom stereocenters. The first-order valence-corrected chi connectivity index (χ1v) is 8.09. The highest BCUT2D eigenvalue weighted by Gasteiger charge is 2.23. The molecule has 0 atom stereocenters. The summed E-state index contributed by atoms with van der Waals surface area (Å²) in [6.07, 6.45) is 2.63. The minimum Gasteiger partial charge on any atom is -0.399 e. The van der Waals surface area contributed by atoms with Crippen molar-refractivity contribution in [3.63, 3.8) is 0 Å². The predicted octanol–water partition coefficient (Wildman–Crippen LogP) is 1.24. The molecule has 0 aliphatic heterocycles. The number of nitrogens with two attached hydrogens (primary N) is 1. The number of anilines is 1. The number of rotatable bonds is 4. The summed E-state index contributed by atoms with van der Waals surface area (Å²) in [6, 6.07) is 3.51. The number of hydrogen-bond donors (Lipinski definition) is 3. The van der Waals surface area contributed by atoms with E-state index in [9.17, 15) is 17.9 Å². The Kier molecular flexibility index (Phi) is 4.62. The molecule has 7 heteroatoms. The van der Waals surface area contributed by atoms with Crippen LogP contribution in [0.2, 0.25) is 0 Å². The quantitative estimate of drug-likeness (QED) is 0.730. The Morgan fingerprint density at radius 1 is 1.30 bits per heavy atom. The van der Waals surface area contributed by atoms with Crippen LogP contribution in [0.5, 0.6) is 0 Å². The van der Waals surface area contributed by atoms with E-state index in [0.717, 1.165) is 25.0 Å². The van der Waals surface area contributed by atoms with E-state index in [2.05, 4.69) is 4.72 Å². The largest absolute Gasteiger partial charge is 0.399 e. The zero-order valence-corrected chi connectivity index (χ0v) is 11.9. The van der Waals surface area contributed by atoms with Crippen LogP contribution in [-0.2, 0) is 10.0 Å². The summed E-state index contributed by atoms with van der Waals surface area (Å²) < 4.78 is 40.1. The lowest BCUT2D eigenvalue weighted by atomic mass is 9.88. The molecule has 2 rings (SSSR count). The van der Waals surface area contributed by atoms with Crippen LogP contribution in [0, 0.1) is 11.7 Å². The zero-order valence-electron chi connectivity index (χ0n) is 11.0. The van der Waals surface area contributed by atoms with E-state index in [1.807, 2.05) is 0 Å². The SMILES string of the molecule is Nc1ccc(S(=O)(=O)NCC2CCC(O)CC2)c(F)c1. The summed E-state index contributed by atoms with van der Waals surface area (Å²) in [5, 5.41) is 9.40. The second-order valence-corrected chi connectivity index (χ2v) is 6.95. The minimum atomic E-state index is -3.86. The molecule has 4 N–H and O–H groups in total. The molecule has 0 bridgehead atoms. The van der Waals surface area contributed by atoms with Gasteiger partial charge in [-0.05, 0) is 49.8 Å². The first kappa shape index (κ1) is 15.2. The molecule has 1 saturated carbocycles. The first-order valence-electron chi connectivity index (χ1n) is 6.61. The third-order valence-electron chi connectivity index (χ3n) is 3.62. The number of aliphatic hydroxyl groups excluding tert-OH is 1. The van der Waals surface area contributed by atoms with Gasteiger partial charge in [-0.15, -0.1) is 0 Å². The molecule has 1 aromatic carbocycles. The Hall–Kier alpha value is -1.18. The van der Waals surface area contributed by atoms with E-state index in [1.165, 1.54) is 6.07 Å². The molecular formula is C13H19FN2O3S. The fraction of sp³-hybridized carbons (Fsp3) is 0.538. The van der Waals surface area contributed by atoms with Gasteiger partial charge in [0, 0.05) is 12.2 Å². The van der Waals surface area contributed by atoms with Crippen LogP contribution in [0.4, 0.5) is 10.1 Å². The fourth-order valence-corrected chi connectivity index (χ4v) is 3.56. The average Bonchev–Trinajstić information content (AvgIpc) is 2.37. The van der Waals surface area contributed by atoms with E-state index in [1.54, 1.807) is 0 Å². The number of aliphatic hydroxyl groups is 1. The molecule has 112 valence electrons. The second-order valence-electron chi connectivity index (χ2n) is 5.22. The zero-order chi connectivity index (χ0) is 14.8. The maximum atomic E-state index is 13.6. The molecular weight excluding hydrogens is 283 g/mol. The number of hydrogen-bond acceptors (Lipinski definition) is 4. The lowest BCUT2D eigenvalue weighted by molar-refractivity contribution is 0.109. The summed E-state index contributed by atoms with van der Waals surface area (Å²) in [5.41, 5.74) is 5.58. The van der Waals surface area contributed by atoms with Gasteiger partial charge in [0.15, 0.2) is 0 Å². The van der Waals surface area contributed by atoms with Crippen LogP contribution in [0.25, 0.3) is 0 Å².